The van der Waals surface area contributed by atoms with Gasteiger partial charge in [-0.3, -0.25) is 0 Å². The van der Waals surface area contributed by atoms with E-state index in [2.05, 4.69) is 32.2 Å². The fourth-order valence-electron chi connectivity index (χ4n) is 2.50. The molecule has 2 heterocycles. The van der Waals surface area contributed by atoms with Crippen molar-refractivity contribution in [3.63, 3.8) is 0 Å². The predicted molar refractivity (Wildman–Crippen MR) is 73.8 cm³/mol. The minimum atomic E-state index is 0.484. The van der Waals surface area contributed by atoms with Crippen molar-refractivity contribution in [1.29, 1.82) is 0 Å². The summed E-state index contributed by atoms with van der Waals surface area (Å²) >= 11 is 1.94. The van der Waals surface area contributed by atoms with Crippen LogP contribution in [0.3, 0.4) is 0 Å². The van der Waals surface area contributed by atoms with Crippen LogP contribution in [0.15, 0.2) is 6.07 Å². The van der Waals surface area contributed by atoms with Crippen LogP contribution < -0.4 is 5.32 Å². The van der Waals surface area contributed by atoms with E-state index in [0.717, 1.165) is 19.8 Å². The first-order chi connectivity index (χ1) is 8.22. The number of aryl methyl sites for hydroxylation is 2. The average Bonchev–Trinajstić information content (AvgIpc) is 2.67. The van der Waals surface area contributed by atoms with E-state index in [-0.39, 0.29) is 0 Å². The molecular weight excluding hydrogens is 230 g/mol. The molecular formula is C14H23NOS. The van der Waals surface area contributed by atoms with Crippen molar-refractivity contribution in [3.05, 3.63) is 21.4 Å². The number of thiophene rings is 1. The van der Waals surface area contributed by atoms with E-state index < -0.39 is 0 Å². The zero-order valence-corrected chi connectivity index (χ0v) is 11.9. The number of rotatable bonds is 4. The molecule has 1 N–H and O–H groups in total. The molecule has 2 atom stereocenters. The first-order valence-electron chi connectivity index (χ1n) is 6.60. The quantitative estimate of drug-likeness (QED) is 0.887. The van der Waals surface area contributed by atoms with Gasteiger partial charge in [-0.05, 0) is 44.9 Å². The van der Waals surface area contributed by atoms with Gasteiger partial charge < -0.3 is 10.1 Å². The van der Waals surface area contributed by atoms with Crippen molar-refractivity contribution in [1.82, 2.24) is 5.32 Å². The number of ether oxygens (including phenoxy) is 1. The zero-order valence-electron chi connectivity index (χ0n) is 11.1. The third kappa shape index (κ3) is 3.09. The molecule has 0 bridgehead atoms. The first kappa shape index (κ1) is 13.1. The molecule has 0 saturated carbocycles. The fourth-order valence-corrected chi connectivity index (χ4v) is 3.71. The monoisotopic (exact) mass is 253 g/mol. The van der Waals surface area contributed by atoms with Crippen molar-refractivity contribution in [2.45, 2.75) is 39.7 Å². The highest BCUT2D eigenvalue weighted by atomic mass is 32.1. The molecule has 1 aromatic rings. The van der Waals surface area contributed by atoms with Gasteiger partial charge in [0.15, 0.2) is 0 Å². The SMILES string of the molecule is CCNC(c1cc(C)c(C)s1)C1CCCOC1. The molecule has 0 radical (unpaired) electrons. The Kier molecular flexibility index (Phi) is 4.60. The number of nitrogens with one attached hydrogen (secondary N) is 1. The molecule has 2 rings (SSSR count). The lowest BCUT2D eigenvalue weighted by molar-refractivity contribution is 0.0398. The van der Waals surface area contributed by atoms with E-state index in [9.17, 15) is 0 Å². The second-order valence-electron chi connectivity index (χ2n) is 4.90. The Labute approximate surface area is 108 Å². The van der Waals surface area contributed by atoms with Crippen LogP contribution in [0.4, 0.5) is 0 Å². The minimum Gasteiger partial charge on any atom is -0.381 e. The van der Waals surface area contributed by atoms with Crippen LogP contribution in [0, 0.1) is 19.8 Å². The third-order valence-electron chi connectivity index (χ3n) is 3.58. The normalized spacial score (nSPS) is 22.6. The molecule has 0 amide bonds. The summed E-state index contributed by atoms with van der Waals surface area (Å²) in [5, 5.41) is 3.64. The molecule has 1 fully saturated rings. The fraction of sp³-hybridized carbons (Fsp3) is 0.714. The molecule has 0 spiro atoms. The van der Waals surface area contributed by atoms with Gasteiger partial charge in [-0.1, -0.05) is 6.92 Å². The van der Waals surface area contributed by atoms with Gasteiger partial charge in [0.05, 0.1) is 6.61 Å². The smallest absolute Gasteiger partial charge is 0.0512 e. The van der Waals surface area contributed by atoms with Gasteiger partial charge in [0.1, 0.15) is 0 Å². The maximum atomic E-state index is 5.63. The van der Waals surface area contributed by atoms with E-state index >= 15 is 0 Å². The first-order valence-corrected chi connectivity index (χ1v) is 7.42. The Morgan fingerprint density at radius 1 is 1.53 bits per heavy atom. The summed E-state index contributed by atoms with van der Waals surface area (Å²) in [6, 6.07) is 2.83. The van der Waals surface area contributed by atoms with E-state index in [0.29, 0.717) is 12.0 Å². The lowest BCUT2D eigenvalue weighted by Gasteiger charge is -2.30. The summed E-state index contributed by atoms with van der Waals surface area (Å²) in [6.45, 7) is 9.48. The van der Waals surface area contributed by atoms with Crippen molar-refractivity contribution in [2.75, 3.05) is 19.8 Å². The highest BCUT2D eigenvalue weighted by Gasteiger charge is 2.26. The van der Waals surface area contributed by atoms with Gasteiger partial charge in [-0.25, -0.2) is 0 Å². The molecule has 1 aliphatic rings. The maximum absolute atomic E-state index is 5.63. The highest BCUT2D eigenvalue weighted by molar-refractivity contribution is 7.12. The zero-order chi connectivity index (χ0) is 12.3. The summed E-state index contributed by atoms with van der Waals surface area (Å²) in [6.07, 6.45) is 2.49. The Bertz CT molecular complexity index is 336. The molecule has 1 aromatic heterocycles. The van der Waals surface area contributed by atoms with Crippen LogP contribution in [0.5, 0.6) is 0 Å². The van der Waals surface area contributed by atoms with Crippen LogP contribution in [0.2, 0.25) is 0 Å². The number of hydrogen-bond acceptors (Lipinski definition) is 3. The summed E-state index contributed by atoms with van der Waals surface area (Å²) in [4.78, 5) is 2.93. The Morgan fingerprint density at radius 2 is 2.35 bits per heavy atom. The molecule has 2 unspecified atom stereocenters. The third-order valence-corrected chi connectivity index (χ3v) is 4.82. The van der Waals surface area contributed by atoms with Crippen LogP contribution in [-0.4, -0.2) is 19.8 Å². The summed E-state index contributed by atoms with van der Waals surface area (Å²) in [5.74, 6) is 0.640. The van der Waals surface area contributed by atoms with E-state index in [1.54, 1.807) is 0 Å². The predicted octanol–water partition coefficient (Wildman–Crippen LogP) is 3.44. The number of hydrogen-bond donors (Lipinski definition) is 1. The van der Waals surface area contributed by atoms with Crippen LogP contribution in [-0.2, 0) is 4.74 Å². The molecule has 1 saturated heterocycles. The van der Waals surface area contributed by atoms with Gasteiger partial charge in [-0.15, -0.1) is 11.3 Å². The van der Waals surface area contributed by atoms with Crippen molar-refractivity contribution < 1.29 is 4.74 Å². The van der Waals surface area contributed by atoms with Crippen molar-refractivity contribution in [2.24, 2.45) is 5.92 Å². The summed E-state index contributed by atoms with van der Waals surface area (Å²) in [7, 11) is 0. The van der Waals surface area contributed by atoms with Gasteiger partial charge in [0.25, 0.3) is 0 Å². The topological polar surface area (TPSA) is 21.3 Å². The molecule has 17 heavy (non-hydrogen) atoms. The Morgan fingerprint density at radius 3 is 2.88 bits per heavy atom. The molecule has 0 aromatic carbocycles. The van der Waals surface area contributed by atoms with Crippen LogP contribution >= 0.6 is 11.3 Å². The lowest BCUT2D eigenvalue weighted by atomic mass is 9.92. The van der Waals surface area contributed by atoms with Crippen molar-refractivity contribution >= 4 is 11.3 Å². The standard InChI is InChI=1S/C14H23NOS/c1-4-15-14(12-6-5-7-16-9-12)13-8-10(2)11(3)17-13/h8,12,14-15H,4-7,9H2,1-3H3. The maximum Gasteiger partial charge on any atom is 0.0512 e. The molecule has 3 heteroatoms. The Balaban J connectivity index is 2.15. The van der Waals surface area contributed by atoms with Gasteiger partial charge in [-0.2, -0.15) is 0 Å². The van der Waals surface area contributed by atoms with Crippen molar-refractivity contribution in [3.8, 4) is 0 Å². The molecule has 0 aliphatic carbocycles. The second kappa shape index (κ2) is 5.98. The largest absolute Gasteiger partial charge is 0.381 e. The van der Waals surface area contributed by atoms with E-state index in [4.69, 9.17) is 4.74 Å². The van der Waals surface area contributed by atoms with Gasteiger partial charge >= 0.3 is 0 Å². The second-order valence-corrected chi connectivity index (χ2v) is 6.19. The Hall–Kier alpha value is -0.380. The van der Waals surface area contributed by atoms with Gasteiger partial charge in [0.2, 0.25) is 0 Å². The summed E-state index contributed by atoms with van der Waals surface area (Å²) in [5.41, 5.74) is 1.42. The average molecular weight is 253 g/mol. The highest BCUT2D eigenvalue weighted by Crippen LogP contribution is 2.34. The minimum absolute atomic E-state index is 0.484. The van der Waals surface area contributed by atoms with Crippen LogP contribution in [0.1, 0.15) is 41.1 Å². The van der Waals surface area contributed by atoms with Gasteiger partial charge in [0, 0.05) is 28.3 Å². The molecule has 2 nitrogen and oxygen atoms in total. The van der Waals surface area contributed by atoms with Crippen LogP contribution in [0.25, 0.3) is 0 Å². The molecule has 1 aliphatic heterocycles. The van der Waals surface area contributed by atoms with E-state index in [1.165, 1.54) is 28.2 Å². The summed E-state index contributed by atoms with van der Waals surface area (Å²) < 4.78 is 5.63. The van der Waals surface area contributed by atoms with E-state index in [1.807, 2.05) is 11.3 Å². The molecule has 96 valence electrons. The lowest BCUT2D eigenvalue weighted by Crippen LogP contribution is -2.32.